The fourth-order valence-corrected chi connectivity index (χ4v) is 4.86. The van der Waals surface area contributed by atoms with Gasteiger partial charge < -0.3 is 14.4 Å². The average Bonchev–Trinajstić information content (AvgIpc) is 2.77. The number of alkyl halides is 3. The molecule has 0 bridgehead atoms. The third kappa shape index (κ3) is 5.33. The minimum atomic E-state index is -4.44. The van der Waals surface area contributed by atoms with Crippen molar-refractivity contribution < 1.29 is 35.9 Å². The van der Waals surface area contributed by atoms with Crippen LogP contribution >= 0.6 is 0 Å². The molecule has 1 aliphatic rings. The van der Waals surface area contributed by atoms with Crippen molar-refractivity contribution in [3.63, 3.8) is 0 Å². The number of ether oxygens (including phenoxy) is 2. The van der Waals surface area contributed by atoms with E-state index in [9.17, 15) is 26.4 Å². The van der Waals surface area contributed by atoms with Crippen molar-refractivity contribution in [2.75, 3.05) is 44.8 Å². The van der Waals surface area contributed by atoms with Gasteiger partial charge in [0.1, 0.15) is 5.75 Å². The third-order valence-electron chi connectivity index (χ3n) is 5.13. The highest BCUT2D eigenvalue weighted by Gasteiger charge is 2.32. The summed E-state index contributed by atoms with van der Waals surface area (Å²) in [6, 6.07) is 9.33. The van der Waals surface area contributed by atoms with E-state index in [1.54, 1.807) is 17.9 Å². The molecular formula is C21H23F3N2O5S. The molecule has 1 aliphatic heterocycles. The number of benzene rings is 2. The van der Waals surface area contributed by atoms with E-state index in [-0.39, 0.29) is 37.7 Å². The molecule has 0 aromatic heterocycles. The Labute approximate surface area is 184 Å². The maximum atomic E-state index is 13.0. The highest BCUT2D eigenvalue weighted by atomic mass is 32.2. The lowest BCUT2D eigenvalue weighted by Crippen LogP contribution is -2.48. The minimum absolute atomic E-state index is 0.0768. The molecule has 11 heteroatoms. The van der Waals surface area contributed by atoms with Gasteiger partial charge in [-0.15, -0.1) is 0 Å². The van der Waals surface area contributed by atoms with Crippen LogP contribution in [0.25, 0.3) is 0 Å². The van der Waals surface area contributed by atoms with Gasteiger partial charge in [-0.05, 0) is 48.9 Å². The van der Waals surface area contributed by atoms with E-state index in [0.29, 0.717) is 17.0 Å². The Balaban J connectivity index is 1.68. The Bertz CT molecular complexity index is 1080. The van der Waals surface area contributed by atoms with Crippen molar-refractivity contribution in [1.82, 2.24) is 4.31 Å². The first-order valence-corrected chi connectivity index (χ1v) is 11.2. The van der Waals surface area contributed by atoms with E-state index in [0.717, 1.165) is 12.1 Å². The van der Waals surface area contributed by atoms with E-state index in [2.05, 4.69) is 4.74 Å². The number of methoxy groups -OCH3 is 1. The summed E-state index contributed by atoms with van der Waals surface area (Å²) in [6.45, 7) is 2.17. The van der Waals surface area contributed by atoms with Gasteiger partial charge in [-0.1, -0.05) is 6.07 Å². The molecule has 0 spiro atoms. The number of piperazine rings is 1. The second kappa shape index (κ2) is 9.37. The minimum Gasteiger partial charge on any atom is -0.482 e. The smallest absolute Gasteiger partial charge is 0.416 e. The number of anilines is 1. The van der Waals surface area contributed by atoms with Gasteiger partial charge in [-0.3, -0.25) is 0 Å². The van der Waals surface area contributed by atoms with Crippen LogP contribution in [0.3, 0.4) is 0 Å². The fraction of sp³-hybridized carbons (Fsp3) is 0.381. The first-order valence-electron chi connectivity index (χ1n) is 9.75. The number of hydrogen-bond donors (Lipinski definition) is 0. The summed E-state index contributed by atoms with van der Waals surface area (Å²) in [4.78, 5) is 13.0. The molecule has 0 aliphatic carbocycles. The molecule has 7 nitrogen and oxygen atoms in total. The molecule has 0 amide bonds. The van der Waals surface area contributed by atoms with Crippen LogP contribution in [0.4, 0.5) is 18.9 Å². The monoisotopic (exact) mass is 472 g/mol. The molecule has 0 atom stereocenters. The number of carbonyl (C=O) groups is 1. The van der Waals surface area contributed by atoms with Crippen LogP contribution in [-0.2, 0) is 25.7 Å². The van der Waals surface area contributed by atoms with Crippen molar-refractivity contribution >= 4 is 21.7 Å². The summed E-state index contributed by atoms with van der Waals surface area (Å²) in [7, 11) is -2.56. The Morgan fingerprint density at radius 3 is 2.34 bits per heavy atom. The second-order valence-corrected chi connectivity index (χ2v) is 9.17. The number of hydrogen-bond acceptors (Lipinski definition) is 6. The van der Waals surface area contributed by atoms with Crippen molar-refractivity contribution in [2.45, 2.75) is 18.0 Å². The van der Waals surface area contributed by atoms with Crippen molar-refractivity contribution in [1.29, 1.82) is 0 Å². The fourth-order valence-electron chi connectivity index (χ4n) is 3.35. The Kier molecular flexibility index (Phi) is 6.99. The van der Waals surface area contributed by atoms with Gasteiger partial charge in [-0.2, -0.15) is 17.5 Å². The van der Waals surface area contributed by atoms with Gasteiger partial charge in [0.05, 0.1) is 17.6 Å². The van der Waals surface area contributed by atoms with Crippen LogP contribution < -0.4 is 9.64 Å². The average molecular weight is 472 g/mol. The lowest BCUT2D eigenvalue weighted by molar-refractivity contribution is -0.143. The lowest BCUT2D eigenvalue weighted by atomic mass is 10.1. The van der Waals surface area contributed by atoms with Gasteiger partial charge in [0, 0.05) is 31.9 Å². The van der Waals surface area contributed by atoms with Crippen LogP contribution in [0.1, 0.15) is 11.1 Å². The standard InChI is InChI=1S/C21H23F3N2O5S/c1-15-12-18(6-7-19(15)31-14-20(27)30-2)32(28,29)26-10-8-25(9-11-26)17-5-3-4-16(13-17)21(22,23)24/h3-7,12-13H,8-11,14H2,1-2H3. The molecule has 2 aromatic carbocycles. The summed E-state index contributed by atoms with van der Waals surface area (Å²) < 4.78 is 76.1. The first kappa shape index (κ1) is 23.9. The van der Waals surface area contributed by atoms with Crippen LogP contribution in [-0.4, -0.2) is 58.6 Å². The molecule has 3 rings (SSSR count). The largest absolute Gasteiger partial charge is 0.482 e. The SMILES string of the molecule is COC(=O)COc1ccc(S(=O)(=O)N2CCN(c3cccc(C(F)(F)F)c3)CC2)cc1C. The quantitative estimate of drug-likeness (QED) is 0.602. The number of carbonyl (C=O) groups excluding carboxylic acids is 1. The molecule has 0 radical (unpaired) electrons. The van der Waals surface area contributed by atoms with Gasteiger partial charge in [0.25, 0.3) is 0 Å². The van der Waals surface area contributed by atoms with Crippen LogP contribution in [0.2, 0.25) is 0 Å². The van der Waals surface area contributed by atoms with E-state index in [1.165, 1.54) is 35.7 Å². The Hall–Kier alpha value is -2.79. The Morgan fingerprint density at radius 2 is 1.75 bits per heavy atom. The molecule has 0 unspecified atom stereocenters. The van der Waals surface area contributed by atoms with Crippen LogP contribution in [0.5, 0.6) is 5.75 Å². The molecule has 1 saturated heterocycles. The van der Waals surface area contributed by atoms with Gasteiger partial charge in [0.15, 0.2) is 6.61 Å². The molecular weight excluding hydrogens is 449 g/mol. The number of esters is 1. The number of rotatable bonds is 6. The van der Waals surface area contributed by atoms with Crippen molar-refractivity contribution in [3.05, 3.63) is 53.6 Å². The molecule has 32 heavy (non-hydrogen) atoms. The second-order valence-electron chi connectivity index (χ2n) is 7.23. The summed E-state index contributed by atoms with van der Waals surface area (Å²) in [5, 5.41) is 0. The van der Waals surface area contributed by atoms with Gasteiger partial charge >= 0.3 is 12.1 Å². The zero-order valence-corrected chi connectivity index (χ0v) is 18.4. The zero-order chi connectivity index (χ0) is 23.5. The zero-order valence-electron chi connectivity index (χ0n) is 17.6. The molecule has 0 saturated carbocycles. The van der Waals surface area contributed by atoms with E-state index < -0.39 is 27.7 Å². The first-order chi connectivity index (χ1) is 15.0. The summed E-state index contributed by atoms with van der Waals surface area (Å²) in [5.41, 5.74) is 0.201. The summed E-state index contributed by atoms with van der Waals surface area (Å²) in [6.07, 6.45) is -4.44. The van der Waals surface area contributed by atoms with Gasteiger partial charge in [-0.25, -0.2) is 13.2 Å². The van der Waals surface area contributed by atoms with Crippen LogP contribution in [0, 0.1) is 6.92 Å². The van der Waals surface area contributed by atoms with Crippen LogP contribution in [0.15, 0.2) is 47.4 Å². The molecule has 174 valence electrons. The normalized spacial score (nSPS) is 15.5. The predicted molar refractivity (Wildman–Crippen MR) is 111 cm³/mol. The van der Waals surface area contributed by atoms with E-state index in [1.807, 2.05) is 0 Å². The molecule has 1 heterocycles. The highest BCUT2D eigenvalue weighted by Crippen LogP contribution is 2.32. The maximum Gasteiger partial charge on any atom is 0.416 e. The maximum absolute atomic E-state index is 13.0. The van der Waals surface area contributed by atoms with Crippen molar-refractivity contribution in [3.8, 4) is 5.75 Å². The summed E-state index contributed by atoms with van der Waals surface area (Å²) in [5.74, 6) is -0.191. The number of nitrogens with zero attached hydrogens (tertiary/aromatic N) is 2. The van der Waals surface area contributed by atoms with Crippen molar-refractivity contribution in [2.24, 2.45) is 0 Å². The topological polar surface area (TPSA) is 76.1 Å². The van der Waals surface area contributed by atoms with E-state index >= 15 is 0 Å². The molecule has 0 N–H and O–H groups in total. The Morgan fingerprint density at radius 1 is 1.06 bits per heavy atom. The molecule has 1 fully saturated rings. The van der Waals surface area contributed by atoms with Gasteiger partial charge in [0.2, 0.25) is 10.0 Å². The number of aryl methyl sites for hydroxylation is 1. The summed E-state index contributed by atoms with van der Waals surface area (Å²) >= 11 is 0. The predicted octanol–water partition coefficient (Wildman–Crippen LogP) is 3.08. The van der Waals surface area contributed by atoms with E-state index in [4.69, 9.17) is 4.74 Å². The molecule has 2 aromatic rings. The lowest BCUT2D eigenvalue weighted by Gasteiger charge is -2.35. The highest BCUT2D eigenvalue weighted by molar-refractivity contribution is 7.89. The number of halogens is 3. The number of sulfonamides is 1. The third-order valence-corrected chi connectivity index (χ3v) is 7.03.